The summed E-state index contributed by atoms with van der Waals surface area (Å²) in [7, 11) is 3.36. The van der Waals surface area contributed by atoms with Crippen molar-refractivity contribution in [1.29, 1.82) is 0 Å². The van der Waals surface area contributed by atoms with Gasteiger partial charge < -0.3 is 9.47 Å². The molecule has 0 spiro atoms. The molecule has 0 amide bonds. The number of aromatic nitrogens is 1. The fourth-order valence-corrected chi connectivity index (χ4v) is 2.63. The quantitative estimate of drug-likeness (QED) is 0.852. The molecule has 0 N–H and O–H groups in total. The summed E-state index contributed by atoms with van der Waals surface area (Å²) in [6.07, 6.45) is 3.82. The number of fused-ring (bicyclic) bond motifs is 1. The van der Waals surface area contributed by atoms with Crippen LogP contribution in [-0.4, -0.2) is 24.1 Å². The second-order valence-electron chi connectivity index (χ2n) is 4.97. The number of hydrogen-bond donors (Lipinski definition) is 0. The summed E-state index contributed by atoms with van der Waals surface area (Å²) < 4.78 is 10.7. The number of hydrogen-bond acceptors (Lipinski definition) is 4. The lowest BCUT2D eigenvalue weighted by atomic mass is 10.2. The topological polar surface area (TPSA) is 34.6 Å². The van der Waals surface area contributed by atoms with Crippen LogP contribution in [0.3, 0.4) is 0 Å². The molecule has 4 nitrogen and oxygen atoms in total. The monoisotopic (exact) mass is 342 g/mol. The number of benzene rings is 1. The van der Waals surface area contributed by atoms with E-state index in [0.29, 0.717) is 0 Å². The minimum Gasteiger partial charge on any atom is -0.497 e. The van der Waals surface area contributed by atoms with Gasteiger partial charge in [-0.15, -0.1) is 24.8 Å². The number of halogens is 2. The summed E-state index contributed by atoms with van der Waals surface area (Å²) in [5.74, 6) is 1.69. The molecule has 0 unspecified atom stereocenters. The highest BCUT2D eigenvalue weighted by Crippen LogP contribution is 2.29. The van der Waals surface area contributed by atoms with E-state index in [-0.39, 0.29) is 24.8 Å². The van der Waals surface area contributed by atoms with Crippen LogP contribution in [0.1, 0.15) is 16.7 Å². The molecule has 22 heavy (non-hydrogen) atoms. The molecular formula is C16H20Cl2N2O2. The predicted octanol–water partition coefficient (Wildman–Crippen LogP) is 3.46. The molecule has 120 valence electrons. The van der Waals surface area contributed by atoms with Gasteiger partial charge in [-0.1, -0.05) is 6.07 Å². The van der Waals surface area contributed by atoms with Crippen molar-refractivity contribution in [3.05, 3.63) is 53.3 Å². The van der Waals surface area contributed by atoms with Crippen LogP contribution < -0.4 is 9.47 Å². The molecule has 6 heteroatoms. The van der Waals surface area contributed by atoms with Gasteiger partial charge in [0.05, 0.1) is 14.2 Å². The van der Waals surface area contributed by atoms with Gasteiger partial charge in [0.2, 0.25) is 0 Å². The van der Waals surface area contributed by atoms with Gasteiger partial charge in [0.25, 0.3) is 0 Å². The third-order valence-electron chi connectivity index (χ3n) is 3.68. The Balaban J connectivity index is 0.00000121. The minimum absolute atomic E-state index is 0. The second kappa shape index (κ2) is 8.22. The number of nitrogens with zero attached hydrogens (tertiary/aromatic N) is 2. The maximum absolute atomic E-state index is 5.46. The van der Waals surface area contributed by atoms with Gasteiger partial charge in [0, 0.05) is 43.7 Å². The van der Waals surface area contributed by atoms with Crippen molar-refractivity contribution in [2.45, 2.75) is 19.6 Å². The highest BCUT2D eigenvalue weighted by Gasteiger charge is 2.20. The van der Waals surface area contributed by atoms with Crippen LogP contribution in [0.2, 0.25) is 0 Å². The molecule has 2 aromatic rings. The van der Waals surface area contributed by atoms with Gasteiger partial charge in [-0.3, -0.25) is 9.88 Å². The van der Waals surface area contributed by atoms with Crippen molar-refractivity contribution >= 4 is 24.8 Å². The van der Waals surface area contributed by atoms with Crippen molar-refractivity contribution in [3.8, 4) is 11.5 Å². The number of rotatable bonds is 4. The van der Waals surface area contributed by atoms with E-state index in [0.717, 1.165) is 31.1 Å². The average molecular weight is 343 g/mol. The van der Waals surface area contributed by atoms with Crippen LogP contribution in [0.15, 0.2) is 36.7 Å². The van der Waals surface area contributed by atoms with E-state index in [1.54, 1.807) is 14.2 Å². The Morgan fingerprint density at radius 2 is 1.82 bits per heavy atom. The molecule has 0 fully saturated rings. The molecule has 3 rings (SSSR count). The van der Waals surface area contributed by atoms with Crippen molar-refractivity contribution < 1.29 is 9.47 Å². The van der Waals surface area contributed by atoms with Crippen LogP contribution in [0.5, 0.6) is 11.5 Å². The Morgan fingerprint density at radius 3 is 2.50 bits per heavy atom. The SMILES string of the molecule is COc1ccc(CN2Cc3ccncc3C2)c(OC)c1.Cl.Cl. The Labute approximate surface area is 143 Å². The molecule has 0 bridgehead atoms. The Bertz CT molecular complexity index is 598. The highest BCUT2D eigenvalue weighted by molar-refractivity contribution is 5.85. The number of pyridine rings is 1. The van der Waals surface area contributed by atoms with Crippen molar-refractivity contribution in [2.75, 3.05) is 14.2 Å². The predicted molar refractivity (Wildman–Crippen MR) is 91.2 cm³/mol. The van der Waals surface area contributed by atoms with Crippen LogP contribution in [-0.2, 0) is 19.6 Å². The first-order valence-electron chi connectivity index (χ1n) is 6.65. The molecule has 1 aliphatic rings. The summed E-state index contributed by atoms with van der Waals surface area (Å²) in [6, 6.07) is 8.07. The summed E-state index contributed by atoms with van der Waals surface area (Å²) in [4.78, 5) is 6.57. The van der Waals surface area contributed by atoms with Crippen molar-refractivity contribution in [1.82, 2.24) is 9.88 Å². The van der Waals surface area contributed by atoms with Crippen LogP contribution in [0, 0.1) is 0 Å². The molecule has 0 atom stereocenters. The van der Waals surface area contributed by atoms with E-state index >= 15 is 0 Å². The minimum atomic E-state index is 0. The zero-order chi connectivity index (χ0) is 13.9. The lowest BCUT2D eigenvalue weighted by molar-refractivity contribution is 0.269. The molecule has 1 aliphatic heterocycles. The molecular weight excluding hydrogens is 323 g/mol. The summed E-state index contributed by atoms with van der Waals surface area (Å²) in [5.41, 5.74) is 3.86. The lowest BCUT2D eigenvalue weighted by Gasteiger charge is -2.17. The summed E-state index contributed by atoms with van der Waals surface area (Å²) in [5, 5.41) is 0. The van der Waals surface area contributed by atoms with E-state index in [4.69, 9.17) is 9.47 Å². The van der Waals surface area contributed by atoms with Gasteiger partial charge in [-0.05, 0) is 23.3 Å². The van der Waals surface area contributed by atoms with E-state index in [2.05, 4.69) is 22.0 Å². The largest absolute Gasteiger partial charge is 0.497 e. The maximum Gasteiger partial charge on any atom is 0.127 e. The summed E-state index contributed by atoms with van der Waals surface area (Å²) >= 11 is 0. The molecule has 0 saturated carbocycles. The average Bonchev–Trinajstić information content (AvgIpc) is 2.90. The van der Waals surface area contributed by atoms with Gasteiger partial charge in [-0.2, -0.15) is 0 Å². The first kappa shape index (κ1) is 18.6. The Hall–Kier alpha value is -1.49. The van der Waals surface area contributed by atoms with E-state index in [9.17, 15) is 0 Å². The van der Waals surface area contributed by atoms with Crippen LogP contribution in [0.25, 0.3) is 0 Å². The standard InChI is InChI=1S/C16H18N2O2.2ClH/c1-19-15-4-3-13(16(7-15)20-2)10-18-9-12-5-6-17-8-14(12)11-18;;/h3-8H,9-11H2,1-2H3;2*1H. The molecule has 0 saturated heterocycles. The first-order valence-corrected chi connectivity index (χ1v) is 6.65. The molecule has 2 heterocycles. The number of ether oxygens (including phenoxy) is 2. The molecule has 0 radical (unpaired) electrons. The van der Waals surface area contributed by atoms with Crippen LogP contribution >= 0.6 is 24.8 Å². The fourth-order valence-electron chi connectivity index (χ4n) is 2.63. The van der Waals surface area contributed by atoms with Gasteiger partial charge in [0.15, 0.2) is 0 Å². The van der Waals surface area contributed by atoms with Gasteiger partial charge in [0.1, 0.15) is 11.5 Å². The summed E-state index contributed by atoms with van der Waals surface area (Å²) in [6.45, 7) is 2.77. The Kier molecular flexibility index (Phi) is 6.94. The van der Waals surface area contributed by atoms with E-state index in [1.165, 1.54) is 16.7 Å². The zero-order valence-electron chi connectivity index (χ0n) is 12.6. The van der Waals surface area contributed by atoms with Crippen LogP contribution in [0.4, 0.5) is 0 Å². The fraction of sp³-hybridized carbons (Fsp3) is 0.312. The second-order valence-corrected chi connectivity index (χ2v) is 4.97. The van der Waals surface area contributed by atoms with Crippen molar-refractivity contribution in [3.63, 3.8) is 0 Å². The smallest absolute Gasteiger partial charge is 0.127 e. The lowest BCUT2D eigenvalue weighted by Crippen LogP contribution is -2.16. The van der Waals surface area contributed by atoms with Crippen molar-refractivity contribution in [2.24, 2.45) is 0 Å². The molecule has 0 aliphatic carbocycles. The first-order chi connectivity index (χ1) is 9.80. The van der Waals surface area contributed by atoms with Gasteiger partial charge >= 0.3 is 0 Å². The molecule has 1 aromatic carbocycles. The maximum atomic E-state index is 5.46. The molecule has 1 aromatic heterocycles. The number of methoxy groups -OCH3 is 2. The third-order valence-corrected chi connectivity index (χ3v) is 3.68. The van der Waals surface area contributed by atoms with E-state index < -0.39 is 0 Å². The highest BCUT2D eigenvalue weighted by atomic mass is 35.5. The third kappa shape index (κ3) is 3.83. The zero-order valence-corrected chi connectivity index (χ0v) is 14.2. The van der Waals surface area contributed by atoms with Gasteiger partial charge in [-0.25, -0.2) is 0 Å². The Morgan fingerprint density at radius 1 is 1.05 bits per heavy atom. The normalized spacial score (nSPS) is 12.8. The van der Waals surface area contributed by atoms with E-state index in [1.807, 2.05) is 24.5 Å².